The molecule has 0 bridgehead atoms. The van der Waals surface area contributed by atoms with E-state index in [1.807, 2.05) is 4.90 Å². The Kier molecular flexibility index (Phi) is 5.78. The van der Waals surface area contributed by atoms with E-state index in [0.29, 0.717) is 17.2 Å². The molecule has 0 spiro atoms. The van der Waals surface area contributed by atoms with Gasteiger partial charge in [-0.3, -0.25) is 9.69 Å². The number of amides is 1. The van der Waals surface area contributed by atoms with Crippen LogP contribution in [0.5, 0.6) is 0 Å². The van der Waals surface area contributed by atoms with Gasteiger partial charge in [-0.25, -0.2) is 0 Å². The fourth-order valence-corrected chi connectivity index (χ4v) is 3.14. The van der Waals surface area contributed by atoms with Crippen LogP contribution in [0.2, 0.25) is 0 Å². The molecule has 1 amide bonds. The largest absolute Gasteiger partial charge is 0.337 e. The first-order valence-electron chi connectivity index (χ1n) is 7.52. The van der Waals surface area contributed by atoms with Gasteiger partial charge in [0, 0.05) is 50.9 Å². The van der Waals surface area contributed by atoms with E-state index in [1.165, 1.54) is 0 Å². The van der Waals surface area contributed by atoms with Crippen LogP contribution in [0, 0.1) is 11.3 Å². The van der Waals surface area contributed by atoms with E-state index >= 15 is 0 Å². The zero-order chi connectivity index (χ0) is 14.7. The molecule has 6 heteroatoms. The fourth-order valence-electron chi connectivity index (χ4n) is 3.14. The van der Waals surface area contributed by atoms with E-state index in [4.69, 9.17) is 5.26 Å². The quantitative estimate of drug-likeness (QED) is 0.886. The minimum absolute atomic E-state index is 0. The molecule has 0 aliphatic carbocycles. The molecule has 5 nitrogen and oxygen atoms in total. The first-order chi connectivity index (χ1) is 10.3. The van der Waals surface area contributed by atoms with E-state index < -0.39 is 0 Å². The maximum atomic E-state index is 12.5. The molecular weight excluding hydrogens is 300 g/mol. The minimum atomic E-state index is 0. The van der Waals surface area contributed by atoms with E-state index in [1.54, 1.807) is 24.3 Å². The normalized spacial score (nSPS) is 22.0. The number of rotatable bonds is 2. The highest BCUT2D eigenvalue weighted by Gasteiger charge is 2.31. The van der Waals surface area contributed by atoms with Crippen molar-refractivity contribution in [3.05, 3.63) is 35.4 Å². The number of piperazine rings is 1. The lowest BCUT2D eigenvalue weighted by molar-refractivity contribution is 0.0773. The van der Waals surface area contributed by atoms with Gasteiger partial charge in [-0.2, -0.15) is 5.26 Å². The molecule has 0 radical (unpaired) electrons. The third-order valence-electron chi connectivity index (χ3n) is 4.38. The van der Waals surface area contributed by atoms with E-state index in [2.05, 4.69) is 16.3 Å². The molecule has 2 saturated heterocycles. The van der Waals surface area contributed by atoms with E-state index in [9.17, 15) is 4.79 Å². The van der Waals surface area contributed by atoms with Gasteiger partial charge in [0.15, 0.2) is 0 Å². The Morgan fingerprint density at radius 1 is 1.18 bits per heavy atom. The lowest BCUT2D eigenvalue weighted by atomic mass is 10.1. The Morgan fingerprint density at radius 3 is 2.50 bits per heavy atom. The third-order valence-corrected chi connectivity index (χ3v) is 4.38. The number of hydrogen-bond donors (Lipinski definition) is 1. The van der Waals surface area contributed by atoms with Crippen molar-refractivity contribution in [1.82, 2.24) is 15.1 Å². The van der Waals surface area contributed by atoms with Crippen LogP contribution in [0.25, 0.3) is 0 Å². The second-order valence-corrected chi connectivity index (χ2v) is 5.67. The molecule has 1 aromatic rings. The van der Waals surface area contributed by atoms with Gasteiger partial charge in [-0.05, 0) is 30.7 Å². The molecule has 1 N–H and O–H groups in total. The van der Waals surface area contributed by atoms with Gasteiger partial charge in [-0.1, -0.05) is 0 Å². The first-order valence-corrected chi connectivity index (χ1v) is 7.52. The summed E-state index contributed by atoms with van der Waals surface area (Å²) in [5.41, 5.74) is 1.27. The lowest BCUT2D eigenvalue weighted by Crippen LogP contribution is -2.49. The number of likely N-dealkylation sites (tertiary alicyclic amines) is 1. The van der Waals surface area contributed by atoms with Gasteiger partial charge in [0.05, 0.1) is 11.6 Å². The van der Waals surface area contributed by atoms with Gasteiger partial charge >= 0.3 is 0 Å². The number of benzene rings is 1. The van der Waals surface area contributed by atoms with E-state index in [0.717, 1.165) is 45.7 Å². The molecule has 0 saturated carbocycles. The van der Waals surface area contributed by atoms with Crippen LogP contribution in [0.1, 0.15) is 22.3 Å². The second-order valence-electron chi connectivity index (χ2n) is 5.67. The molecule has 0 aromatic heterocycles. The predicted octanol–water partition coefficient (Wildman–Crippen LogP) is 1.10. The Balaban J connectivity index is 0.00000176. The van der Waals surface area contributed by atoms with Crippen molar-refractivity contribution in [3.8, 4) is 6.07 Å². The summed E-state index contributed by atoms with van der Waals surface area (Å²) in [6.07, 6.45) is 1.06. The number of nitrogens with one attached hydrogen (secondary N) is 1. The molecular formula is C16H21ClN4O. The Hall–Kier alpha value is -1.61. The minimum Gasteiger partial charge on any atom is -0.337 e. The highest BCUT2D eigenvalue weighted by molar-refractivity contribution is 5.94. The predicted molar refractivity (Wildman–Crippen MR) is 87.2 cm³/mol. The highest BCUT2D eigenvalue weighted by atomic mass is 35.5. The molecule has 22 heavy (non-hydrogen) atoms. The summed E-state index contributed by atoms with van der Waals surface area (Å²) in [5.74, 6) is 0.0807. The zero-order valence-electron chi connectivity index (χ0n) is 12.5. The maximum absolute atomic E-state index is 12.5. The number of carbonyl (C=O) groups excluding carboxylic acids is 1. The monoisotopic (exact) mass is 320 g/mol. The van der Waals surface area contributed by atoms with Gasteiger partial charge < -0.3 is 10.2 Å². The van der Waals surface area contributed by atoms with Gasteiger partial charge in [-0.15, -0.1) is 12.4 Å². The summed E-state index contributed by atoms with van der Waals surface area (Å²) < 4.78 is 0. The number of nitriles is 1. The van der Waals surface area contributed by atoms with Crippen LogP contribution in [0.3, 0.4) is 0 Å². The standard InChI is InChI=1S/C16H20N4O.ClH/c17-11-13-1-3-14(4-2-13)16(21)20-8-5-15(12-20)19-9-6-18-7-10-19;/h1-4,15,18H,5-10,12H2;1H. The van der Waals surface area contributed by atoms with Crippen LogP contribution in [0.15, 0.2) is 24.3 Å². The maximum Gasteiger partial charge on any atom is 0.253 e. The van der Waals surface area contributed by atoms with Crippen LogP contribution >= 0.6 is 12.4 Å². The lowest BCUT2D eigenvalue weighted by Gasteiger charge is -2.32. The van der Waals surface area contributed by atoms with Crippen molar-refractivity contribution in [3.63, 3.8) is 0 Å². The summed E-state index contributed by atoms with van der Waals surface area (Å²) in [6, 6.07) is 9.48. The van der Waals surface area contributed by atoms with Crippen molar-refractivity contribution in [1.29, 1.82) is 5.26 Å². The van der Waals surface area contributed by atoms with Crippen LogP contribution in [0.4, 0.5) is 0 Å². The van der Waals surface area contributed by atoms with Gasteiger partial charge in [0.1, 0.15) is 0 Å². The van der Waals surface area contributed by atoms with Crippen LogP contribution in [-0.2, 0) is 0 Å². The fraction of sp³-hybridized carbons (Fsp3) is 0.500. The summed E-state index contributed by atoms with van der Waals surface area (Å²) in [6.45, 7) is 5.87. The summed E-state index contributed by atoms with van der Waals surface area (Å²) in [7, 11) is 0. The van der Waals surface area contributed by atoms with Crippen LogP contribution in [-0.4, -0.2) is 61.0 Å². The van der Waals surface area contributed by atoms with Crippen molar-refractivity contribution in [2.24, 2.45) is 0 Å². The Labute approximate surface area is 137 Å². The third kappa shape index (κ3) is 3.58. The molecule has 2 aliphatic rings. The SMILES string of the molecule is Cl.N#Cc1ccc(C(=O)N2CCC(N3CCNCC3)C2)cc1. The average Bonchev–Trinajstić information content (AvgIpc) is 3.05. The molecule has 3 rings (SSSR count). The summed E-state index contributed by atoms with van der Waals surface area (Å²) >= 11 is 0. The average molecular weight is 321 g/mol. The topological polar surface area (TPSA) is 59.4 Å². The number of nitrogens with zero attached hydrogens (tertiary/aromatic N) is 3. The highest BCUT2D eigenvalue weighted by Crippen LogP contribution is 2.18. The molecule has 1 aromatic carbocycles. The number of hydrogen-bond acceptors (Lipinski definition) is 4. The summed E-state index contributed by atoms with van der Waals surface area (Å²) in [4.78, 5) is 16.9. The smallest absolute Gasteiger partial charge is 0.253 e. The second kappa shape index (κ2) is 7.59. The Morgan fingerprint density at radius 2 is 1.86 bits per heavy atom. The van der Waals surface area contributed by atoms with Crippen molar-refractivity contribution < 1.29 is 4.79 Å². The molecule has 1 atom stereocenters. The Bertz CT molecular complexity index is 548. The van der Waals surface area contributed by atoms with Crippen molar-refractivity contribution >= 4 is 18.3 Å². The van der Waals surface area contributed by atoms with E-state index in [-0.39, 0.29) is 18.3 Å². The van der Waals surface area contributed by atoms with Crippen LogP contribution < -0.4 is 5.32 Å². The molecule has 2 fully saturated rings. The number of carbonyl (C=O) groups is 1. The van der Waals surface area contributed by atoms with Gasteiger partial charge in [0.25, 0.3) is 5.91 Å². The first kappa shape index (κ1) is 16.8. The summed E-state index contributed by atoms with van der Waals surface area (Å²) in [5, 5.41) is 12.2. The van der Waals surface area contributed by atoms with Gasteiger partial charge in [0.2, 0.25) is 0 Å². The zero-order valence-corrected chi connectivity index (χ0v) is 13.3. The molecule has 118 valence electrons. The molecule has 2 aliphatic heterocycles. The van der Waals surface area contributed by atoms with Crippen molar-refractivity contribution in [2.75, 3.05) is 39.3 Å². The van der Waals surface area contributed by atoms with Crippen molar-refractivity contribution in [2.45, 2.75) is 12.5 Å². The number of halogens is 1. The molecule has 2 heterocycles. The molecule has 1 unspecified atom stereocenters.